The molecule has 1 atom stereocenters. The van der Waals surface area contributed by atoms with Crippen molar-refractivity contribution in [2.75, 3.05) is 32.8 Å². The Balaban J connectivity index is 1.90. The van der Waals surface area contributed by atoms with Gasteiger partial charge >= 0.3 is 0 Å². The van der Waals surface area contributed by atoms with Gasteiger partial charge in [-0.2, -0.15) is 0 Å². The molecule has 90 valence electrons. The van der Waals surface area contributed by atoms with Crippen molar-refractivity contribution in [2.45, 2.75) is 45.1 Å². The van der Waals surface area contributed by atoms with Gasteiger partial charge in [-0.3, -0.25) is 4.90 Å². The lowest BCUT2D eigenvalue weighted by atomic mass is 10.1. The maximum Gasteiger partial charge on any atom is 0.0674 e. The summed E-state index contributed by atoms with van der Waals surface area (Å²) in [6.45, 7) is 7.40. The fraction of sp³-hybridized carbons (Fsp3) is 1.00. The van der Waals surface area contributed by atoms with E-state index in [0.717, 1.165) is 26.2 Å². The van der Waals surface area contributed by atoms with E-state index < -0.39 is 0 Å². The summed E-state index contributed by atoms with van der Waals surface area (Å²) in [6, 6.07) is 0. The fourth-order valence-corrected chi connectivity index (χ4v) is 2.10. The maximum atomic E-state index is 5.51. The Morgan fingerprint density at radius 1 is 1.20 bits per heavy atom. The molecule has 1 aliphatic heterocycles. The van der Waals surface area contributed by atoms with Crippen molar-refractivity contribution in [3.05, 3.63) is 0 Å². The first kappa shape index (κ1) is 12.9. The normalized spacial score (nSPS) is 23.2. The average molecular weight is 214 g/mol. The van der Waals surface area contributed by atoms with E-state index in [0.29, 0.717) is 6.10 Å². The van der Waals surface area contributed by atoms with E-state index in [1.54, 1.807) is 0 Å². The van der Waals surface area contributed by atoms with Crippen LogP contribution in [0.15, 0.2) is 0 Å². The molecule has 1 unspecified atom stereocenters. The summed E-state index contributed by atoms with van der Waals surface area (Å²) in [4.78, 5) is 2.52. The third-order valence-corrected chi connectivity index (χ3v) is 3.00. The zero-order valence-corrected chi connectivity index (χ0v) is 10.1. The van der Waals surface area contributed by atoms with E-state index in [4.69, 9.17) is 10.5 Å². The Hall–Kier alpha value is -0.120. The lowest BCUT2D eigenvalue weighted by molar-refractivity contribution is -0.0186. The van der Waals surface area contributed by atoms with Crippen molar-refractivity contribution in [3.63, 3.8) is 0 Å². The summed E-state index contributed by atoms with van der Waals surface area (Å²) in [5.41, 5.74) is 5.45. The smallest absolute Gasteiger partial charge is 0.0674 e. The van der Waals surface area contributed by atoms with Crippen molar-refractivity contribution in [1.82, 2.24) is 4.90 Å². The van der Waals surface area contributed by atoms with Crippen molar-refractivity contribution in [2.24, 2.45) is 5.73 Å². The zero-order valence-electron chi connectivity index (χ0n) is 10.1. The van der Waals surface area contributed by atoms with E-state index >= 15 is 0 Å². The van der Waals surface area contributed by atoms with Crippen LogP contribution in [0.1, 0.15) is 39.0 Å². The zero-order chi connectivity index (χ0) is 10.9. The molecule has 0 bridgehead atoms. The molecule has 0 amide bonds. The molecule has 1 saturated heterocycles. The second kappa shape index (κ2) is 8.08. The molecule has 2 N–H and O–H groups in total. The van der Waals surface area contributed by atoms with Gasteiger partial charge in [0, 0.05) is 13.1 Å². The van der Waals surface area contributed by atoms with Crippen LogP contribution >= 0.6 is 0 Å². The highest BCUT2D eigenvalue weighted by Gasteiger charge is 2.15. The summed E-state index contributed by atoms with van der Waals surface area (Å²) in [5, 5.41) is 0. The van der Waals surface area contributed by atoms with E-state index in [-0.39, 0.29) is 0 Å². The number of nitrogens with two attached hydrogens (primary N) is 1. The Morgan fingerprint density at radius 3 is 2.67 bits per heavy atom. The maximum absolute atomic E-state index is 5.51. The van der Waals surface area contributed by atoms with Crippen LogP contribution in [0.2, 0.25) is 0 Å². The van der Waals surface area contributed by atoms with Crippen molar-refractivity contribution in [3.8, 4) is 0 Å². The number of morpholine rings is 1. The molecular weight excluding hydrogens is 188 g/mol. The second-order valence-electron chi connectivity index (χ2n) is 4.54. The van der Waals surface area contributed by atoms with Crippen molar-refractivity contribution in [1.29, 1.82) is 0 Å². The van der Waals surface area contributed by atoms with Crippen LogP contribution in [0, 0.1) is 0 Å². The molecule has 0 spiro atoms. The van der Waals surface area contributed by atoms with Gasteiger partial charge in [-0.25, -0.2) is 0 Å². The molecule has 0 aromatic rings. The Kier molecular flexibility index (Phi) is 6.98. The SMILES string of the molecule is CC1CN(CCCCCCCN)CCO1. The minimum Gasteiger partial charge on any atom is -0.376 e. The highest BCUT2D eigenvalue weighted by Crippen LogP contribution is 2.07. The van der Waals surface area contributed by atoms with Gasteiger partial charge in [-0.1, -0.05) is 19.3 Å². The number of hydrogen-bond acceptors (Lipinski definition) is 3. The molecule has 15 heavy (non-hydrogen) atoms. The van der Waals surface area contributed by atoms with Gasteiger partial charge in [0.25, 0.3) is 0 Å². The lowest BCUT2D eigenvalue weighted by Crippen LogP contribution is -2.41. The van der Waals surface area contributed by atoms with Crippen molar-refractivity contribution >= 4 is 0 Å². The van der Waals surface area contributed by atoms with Crippen LogP contribution in [0.4, 0.5) is 0 Å². The monoisotopic (exact) mass is 214 g/mol. The molecule has 1 heterocycles. The standard InChI is InChI=1S/C12H26N2O/c1-12-11-14(9-10-15-12)8-6-4-2-3-5-7-13/h12H,2-11,13H2,1H3. The number of rotatable bonds is 7. The summed E-state index contributed by atoms with van der Waals surface area (Å²) in [6.07, 6.45) is 6.95. The largest absolute Gasteiger partial charge is 0.376 e. The molecule has 3 nitrogen and oxygen atoms in total. The fourth-order valence-electron chi connectivity index (χ4n) is 2.10. The van der Waals surface area contributed by atoms with Gasteiger partial charge in [0.1, 0.15) is 0 Å². The van der Waals surface area contributed by atoms with Gasteiger partial charge in [0.15, 0.2) is 0 Å². The van der Waals surface area contributed by atoms with Gasteiger partial charge in [0.2, 0.25) is 0 Å². The Bertz CT molecular complexity index is 153. The van der Waals surface area contributed by atoms with Gasteiger partial charge < -0.3 is 10.5 Å². The molecular formula is C12H26N2O. The molecule has 0 aromatic carbocycles. The first-order chi connectivity index (χ1) is 7.33. The molecule has 0 aromatic heterocycles. The number of ether oxygens (including phenoxy) is 1. The molecule has 1 fully saturated rings. The van der Waals surface area contributed by atoms with Crippen LogP contribution in [-0.4, -0.2) is 43.8 Å². The predicted octanol–water partition coefficient (Wildman–Crippen LogP) is 1.62. The highest BCUT2D eigenvalue weighted by molar-refractivity contribution is 4.67. The second-order valence-corrected chi connectivity index (χ2v) is 4.54. The summed E-state index contributed by atoms with van der Waals surface area (Å²) in [5.74, 6) is 0. The molecule has 0 radical (unpaired) electrons. The molecule has 0 saturated carbocycles. The quantitative estimate of drug-likeness (QED) is 0.654. The topological polar surface area (TPSA) is 38.5 Å². The molecule has 1 aliphatic rings. The average Bonchev–Trinajstić information content (AvgIpc) is 2.23. The minimum atomic E-state index is 0.427. The van der Waals surface area contributed by atoms with Crippen LogP contribution < -0.4 is 5.73 Å². The van der Waals surface area contributed by atoms with Crippen LogP contribution in [0.3, 0.4) is 0 Å². The van der Waals surface area contributed by atoms with E-state index in [1.165, 1.54) is 38.6 Å². The third-order valence-electron chi connectivity index (χ3n) is 3.00. The van der Waals surface area contributed by atoms with E-state index in [9.17, 15) is 0 Å². The molecule has 1 rings (SSSR count). The Morgan fingerprint density at radius 2 is 1.93 bits per heavy atom. The summed E-state index contributed by atoms with van der Waals surface area (Å²) < 4.78 is 5.51. The van der Waals surface area contributed by atoms with Gasteiger partial charge in [0.05, 0.1) is 12.7 Å². The summed E-state index contributed by atoms with van der Waals surface area (Å²) in [7, 11) is 0. The minimum absolute atomic E-state index is 0.427. The van der Waals surface area contributed by atoms with Gasteiger partial charge in [-0.15, -0.1) is 0 Å². The molecule has 3 heteroatoms. The predicted molar refractivity (Wildman–Crippen MR) is 64.0 cm³/mol. The van der Waals surface area contributed by atoms with Crippen LogP contribution in [0.5, 0.6) is 0 Å². The van der Waals surface area contributed by atoms with Crippen LogP contribution in [-0.2, 0) is 4.74 Å². The van der Waals surface area contributed by atoms with E-state index in [2.05, 4.69) is 11.8 Å². The Labute approximate surface area is 94.0 Å². The first-order valence-electron chi connectivity index (χ1n) is 6.37. The van der Waals surface area contributed by atoms with Crippen LogP contribution in [0.25, 0.3) is 0 Å². The van der Waals surface area contributed by atoms with Gasteiger partial charge in [-0.05, 0) is 32.9 Å². The molecule has 0 aliphatic carbocycles. The first-order valence-corrected chi connectivity index (χ1v) is 6.37. The summed E-state index contributed by atoms with van der Waals surface area (Å²) >= 11 is 0. The van der Waals surface area contributed by atoms with Crippen molar-refractivity contribution < 1.29 is 4.74 Å². The number of nitrogens with zero attached hydrogens (tertiary/aromatic N) is 1. The third kappa shape index (κ3) is 6.13. The van der Waals surface area contributed by atoms with E-state index in [1.807, 2.05) is 0 Å². The number of unbranched alkanes of at least 4 members (excludes halogenated alkanes) is 4. The number of hydrogen-bond donors (Lipinski definition) is 1. The highest BCUT2D eigenvalue weighted by atomic mass is 16.5. The lowest BCUT2D eigenvalue weighted by Gasteiger charge is -2.30.